The lowest BCUT2D eigenvalue weighted by atomic mass is 10.2. The van der Waals surface area contributed by atoms with Crippen LogP contribution in [0.15, 0.2) is 54.6 Å². The molecule has 1 aromatic heterocycles. The SMILES string of the molecule is CC(CCCOc1ccc(C(F)(F)F)cc1)Oc1cccc2ccc(N)nc12. The first-order chi connectivity index (χ1) is 13.3. The summed E-state index contributed by atoms with van der Waals surface area (Å²) in [5, 5.41) is 0.949. The Labute approximate surface area is 161 Å². The van der Waals surface area contributed by atoms with Crippen molar-refractivity contribution >= 4 is 16.7 Å². The van der Waals surface area contributed by atoms with Gasteiger partial charge in [0.2, 0.25) is 0 Å². The Kier molecular flexibility index (Phi) is 5.92. The molecule has 2 aromatic carbocycles. The highest BCUT2D eigenvalue weighted by molar-refractivity contribution is 5.85. The number of ether oxygens (including phenoxy) is 2. The number of aromatic nitrogens is 1. The third kappa shape index (κ3) is 5.06. The van der Waals surface area contributed by atoms with Crippen molar-refractivity contribution < 1.29 is 22.6 Å². The van der Waals surface area contributed by atoms with Crippen molar-refractivity contribution in [3.63, 3.8) is 0 Å². The molecule has 0 aliphatic rings. The summed E-state index contributed by atoms with van der Waals surface area (Å²) in [5.41, 5.74) is 5.79. The van der Waals surface area contributed by atoms with Crippen LogP contribution in [-0.2, 0) is 6.18 Å². The van der Waals surface area contributed by atoms with Gasteiger partial charge in [-0.3, -0.25) is 0 Å². The number of alkyl halides is 3. The molecule has 0 saturated carbocycles. The molecular weight excluding hydrogens is 369 g/mol. The number of hydrogen-bond acceptors (Lipinski definition) is 4. The number of anilines is 1. The Morgan fingerprint density at radius 2 is 1.79 bits per heavy atom. The van der Waals surface area contributed by atoms with E-state index in [2.05, 4.69) is 4.98 Å². The van der Waals surface area contributed by atoms with Crippen molar-refractivity contribution in [1.82, 2.24) is 4.98 Å². The van der Waals surface area contributed by atoms with E-state index in [9.17, 15) is 13.2 Å². The van der Waals surface area contributed by atoms with E-state index in [1.54, 1.807) is 6.07 Å². The summed E-state index contributed by atoms with van der Waals surface area (Å²) in [5.74, 6) is 1.51. The van der Waals surface area contributed by atoms with Gasteiger partial charge in [0.25, 0.3) is 0 Å². The van der Waals surface area contributed by atoms with Gasteiger partial charge in [0.15, 0.2) is 0 Å². The number of para-hydroxylation sites is 1. The van der Waals surface area contributed by atoms with Crippen molar-refractivity contribution in [3.05, 3.63) is 60.2 Å². The average Bonchev–Trinajstić information content (AvgIpc) is 2.65. The van der Waals surface area contributed by atoms with Crippen LogP contribution in [0, 0.1) is 0 Å². The van der Waals surface area contributed by atoms with E-state index in [-0.39, 0.29) is 6.10 Å². The van der Waals surface area contributed by atoms with Crippen LogP contribution in [-0.4, -0.2) is 17.7 Å². The molecule has 7 heteroatoms. The molecule has 4 nitrogen and oxygen atoms in total. The average molecular weight is 390 g/mol. The van der Waals surface area contributed by atoms with Crippen LogP contribution in [0.25, 0.3) is 10.9 Å². The standard InChI is InChI=1S/C21H21F3N2O2/c1-14(28-18-6-2-5-15-7-12-19(25)26-20(15)18)4-3-13-27-17-10-8-16(9-11-17)21(22,23)24/h2,5-12,14H,3-4,13H2,1H3,(H2,25,26). The van der Waals surface area contributed by atoms with Gasteiger partial charge in [-0.1, -0.05) is 12.1 Å². The molecule has 0 radical (unpaired) electrons. The molecule has 0 aliphatic heterocycles. The van der Waals surface area contributed by atoms with Gasteiger partial charge in [0, 0.05) is 5.39 Å². The molecule has 0 amide bonds. The number of fused-ring (bicyclic) bond motifs is 1. The summed E-state index contributed by atoms with van der Waals surface area (Å²) in [6, 6.07) is 14.0. The van der Waals surface area contributed by atoms with Gasteiger partial charge in [-0.25, -0.2) is 4.98 Å². The second-order valence-electron chi connectivity index (χ2n) is 6.51. The smallest absolute Gasteiger partial charge is 0.416 e. The number of nitrogen functional groups attached to an aromatic ring is 1. The Morgan fingerprint density at radius 3 is 2.50 bits per heavy atom. The molecule has 1 atom stereocenters. The minimum absolute atomic E-state index is 0.0787. The maximum absolute atomic E-state index is 12.5. The summed E-state index contributed by atoms with van der Waals surface area (Å²) >= 11 is 0. The predicted molar refractivity (Wildman–Crippen MR) is 102 cm³/mol. The number of rotatable bonds is 7. The molecule has 148 valence electrons. The van der Waals surface area contributed by atoms with Crippen molar-refractivity contribution in [2.24, 2.45) is 0 Å². The van der Waals surface area contributed by atoms with Crippen LogP contribution in [0.2, 0.25) is 0 Å². The van der Waals surface area contributed by atoms with E-state index < -0.39 is 11.7 Å². The summed E-state index contributed by atoms with van der Waals surface area (Å²) in [6.07, 6.45) is -3.00. The molecule has 0 aliphatic carbocycles. The van der Waals surface area contributed by atoms with Crippen LogP contribution >= 0.6 is 0 Å². The molecule has 0 fully saturated rings. The monoisotopic (exact) mass is 390 g/mol. The van der Waals surface area contributed by atoms with Crippen molar-refractivity contribution in [2.75, 3.05) is 12.3 Å². The van der Waals surface area contributed by atoms with Crippen molar-refractivity contribution in [2.45, 2.75) is 32.0 Å². The second-order valence-corrected chi connectivity index (χ2v) is 6.51. The summed E-state index contributed by atoms with van der Waals surface area (Å²) in [7, 11) is 0. The normalized spacial score (nSPS) is 12.7. The molecule has 28 heavy (non-hydrogen) atoms. The Balaban J connectivity index is 1.49. The van der Waals surface area contributed by atoms with Crippen LogP contribution in [0.5, 0.6) is 11.5 Å². The van der Waals surface area contributed by atoms with Crippen LogP contribution in [0.3, 0.4) is 0 Å². The number of nitrogens with two attached hydrogens (primary N) is 1. The van der Waals surface area contributed by atoms with Gasteiger partial charge in [-0.15, -0.1) is 0 Å². The van der Waals surface area contributed by atoms with Gasteiger partial charge >= 0.3 is 6.18 Å². The first-order valence-corrected chi connectivity index (χ1v) is 8.95. The van der Waals surface area contributed by atoms with E-state index in [0.717, 1.165) is 29.5 Å². The van der Waals surface area contributed by atoms with Gasteiger partial charge in [0.05, 0.1) is 18.3 Å². The van der Waals surface area contributed by atoms with Crippen molar-refractivity contribution in [1.29, 1.82) is 0 Å². The summed E-state index contributed by atoms with van der Waals surface area (Å²) in [6.45, 7) is 2.34. The first-order valence-electron chi connectivity index (χ1n) is 8.95. The minimum Gasteiger partial charge on any atom is -0.494 e. The lowest BCUT2D eigenvalue weighted by molar-refractivity contribution is -0.137. The number of nitrogens with zero attached hydrogens (tertiary/aromatic N) is 1. The predicted octanol–water partition coefficient (Wildman–Crippen LogP) is 5.46. The van der Waals surface area contributed by atoms with Crippen LogP contribution < -0.4 is 15.2 Å². The zero-order chi connectivity index (χ0) is 20.1. The van der Waals surface area contributed by atoms with Crippen LogP contribution in [0.1, 0.15) is 25.3 Å². The lowest BCUT2D eigenvalue weighted by Gasteiger charge is -2.16. The zero-order valence-electron chi connectivity index (χ0n) is 15.4. The van der Waals surface area contributed by atoms with E-state index in [0.29, 0.717) is 30.3 Å². The second kappa shape index (κ2) is 8.37. The molecule has 0 saturated heterocycles. The van der Waals surface area contributed by atoms with Gasteiger partial charge in [0.1, 0.15) is 22.8 Å². The van der Waals surface area contributed by atoms with E-state index in [4.69, 9.17) is 15.2 Å². The van der Waals surface area contributed by atoms with Gasteiger partial charge < -0.3 is 15.2 Å². The molecule has 1 heterocycles. The molecule has 3 aromatic rings. The maximum Gasteiger partial charge on any atom is 0.416 e. The largest absolute Gasteiger partial charge is 0.494 e. The highest BCUT2D eigenvalue weighted by Gasteiger charge is 2.30. The number of hydrogen-bond donors (Lipinski definition) is 1. The van der Waals surface area contributed by atoms with Crippen LogP contribution in [0.4, 0.5) is 19.0 Å². The van der Waals surface area contributed by atoms with E-state index >= 15 is 0 Å². The fourth-order valence-electron chi connectivity index (χ4n) is 2.81. The molecular formula is C21H21F3N2O2. The summed E-state index contributed by atoms with van der Waals surface area (Å²) in [4.78, 5) is 4.34. The van der Waals surface area contributed by atoms with Gasteiger partial charge in [-0.05, 0) is 62.2 Å². The fraction of sp³-hybridized carbons (Fsp3) is 0.286. The summed E-state index contributed by atoms with van der Waals surface area (Å²) < 4.78 is 49.1. The molecule has 3 rings (SSSR count). The minimum atomic E-state index is -4.34. The molecule has 1 unspecified atom stereocenters. The molecule has 0 bridgehead atoms. The molecule has 2 N–H and O–H groups in total. The Bertz CT molecular complexity index is 927. The Morgan fingerprint density at radius 1 is 1.04 bits per heavy atom. The third-order valence-electron chi connectivity index (χ3n) is 4.24. The maximum atomic E-state index is 12.5. The highest BCUT2D eigenvalue weighted by atomic mass is 19.4. The van der Waals surface area contributed by atoms with E-state index in [1.165, 1.54) is 12.1 Å². The highest BCUT2D eigenvalue weighted by Crippen LogP contribution is 2.30. The fourth-order valence-corrected chi connectivity index (χ4v) is 2.81. The van der Waals surface area contributed by atoms with E-state index in [1.807, 2.05) is 31.2 Å². The number of pyridine rings is 1. The quantitative estimate of drug-likeness (QED) is 0.544. The van der Waals surface area contributed by atoms with Gasteiger partial charge in [-0.2, -0.15) is 13.2 Å². The molecule has 0 spiro atoms. The van der Waals surface area contributed by atoms with Crippen molar-refractivity contribution in [3.8, 4) is 11.5 Å². The topological polar surface area (TPSA) is 57.4 Å². The first kappa shape index (κ1) is 19.8. The zero-order valence-corrected chi connectivity index (χ0v) is 15.4. The number of benzene rings is 2. The number of halogens is 3. The third-order valence-corrected chi connectivity index (χ3v) is 4.24. The lowest BCUT2D eigenvalue weighted by Crippen LogP contribution is -2.14. The Hall–Kier alpha value is -2.96.